The van der Waals surface area contributed by atoms with E-state index in [4.69, 9.17) is 16.1 Å². The molecule has 0 spiro atoms. The Balaban J connectivity index is 1.52. The fourth-order valence-corrected chi connectivity index (χ4v) is 2.66. The van der Waals surface area contributed by atoms with Gasteiger partial charge in [-0.15, -0.1) is 0 Å². The Morgan fingerprint density at radius 2 is 2.04 bits per heavy atom. The number of aryl methyl sites for hydroxylation is 2. The zero-order chi connectivity index (χ0) is 17.6. The van der Waals surface area contributed by atoms with Gasteiger partial charge in [0, 0.05) is 24.9 Å². The lowest BCUT2D eigenvalue weighted by atomic mass is 10.1. The molecule has 128 valence electrons. The summed E-state index contributed by atoms with van der Waals surface area (Å²) in [4.78, 5) is 16.3. The van der Waals surface area contributed by atoms with Crippen LogP contribution in [-0.4, -0.2) is 16.0 Å². The zero-order valence-electron chi connectivity index (χ0n) is 13.8. The van der Waals surface area contributed by atoms with E-state index < -0.39 is 0 Å². The molecule has 6 heteroatoms. The highest BCUT2D eigenvalue weighted by molar-refractivity contribution is 6.33. The number of aromatic nitrogens is 2. The molecule has 25 heavy (non-hydrogen) atoms. The Morgan fingerprint density at radius 1 is 1.20 bits per heavy atom. The first-order valence-electron chi connectivity index (χ1n) is 8.01. The van der Waals surface area contributed by atoms with Crippen molar-refractivity contribution in [3.8, 4) is 11.4 Å². The van der Waals surface area contributed by atoms with Gasteiger partial charge in [0.15, 0.2) is 0 Å². The fraction of sp³-hybridized carbons (Fsp3) is 0.211. The number of nitrogens with zero attached hydrogens (tertiary/aromatic N) is 2. The number of halogens is 1. The van der Waals surface area contributed by atoms with Crippen LogP contribution in [0, 0.1) is 6.92 Å². The van der Waals surface area contributed by atoms with Crippen LogP contribution < -0.4 is 5.32 Å². The van der Waals surface area contributed by atoms with Gasteiger partial charge in [-0.1, -0.05) is 58.7 Å². The highest BCUT2D eigenvalue weighted by Gasteiger charge is 2.12. The third-order valence-corrected chi connectivity index (χ3v) is 4.05. The van der Waals surface area contributed by atoms with Crippen LogP contribution in [0.15, 0.2) is 53.1 Å². The summed E-state index contributed by atoms with van der Waals surface area (Å²) < 4.78 is 5.20. The lowest BCUT2D eigenvalue weighted by Crippen LogP contribution is -2.23. The van der Waals surface area contributed by atoms with Crippen LogP contribution in [0.5, 0.6) is 0 Å². The summed E-state index contributed by atoms with van der Waals surface area (Å²) >= 11 is 6.12. The standard InChI is InChI=1S/C19H18ClN3O2/c1-13-5-4-6-14(11-13)12-21-17(24)9-10-18-22-19(23-25-18)15-7-2-3-8-16(15)20/h2-8,11H,9-10,12H2,1H3,(H,21,24). The second-order valence-corrected chi connectivity index (χ2v) is 6.16. The molecule has 5 nitrogen and oxygen atoms in total. The number of amides is 1. The van der Waals surface area contributed by atoms with E-state index in [0.29, 0.717) is 35.3 Å². The summed E-state index contributed by atoms with van der Waals surface area (Å²) in [5.41, 5.74) is 2.96. The van der Waals surface area contributed by atoms with Gasteiger partial charge in [-0.05, 0) is 24.6 Å². The minimum Gasteiger partial charge on any atom is -0.352 e. The molecule has 0 saturated heterocycles. The zero-order valence-corrected chi connectivity index (χ0v) is 14.6. The average Bonchev–Trinajstić information content (AvgIpc) is 3.07. The molecule has 2 aromatic carbocycles. The summed E-state index contributed by atoms with van der Waals surface area (Å²) in [7, 11) is 0. The molecule has 3 aromatic rings. The lowest BCUT2D eigenvalue weighted by molar-refractivity contribution is -0.121. The SMILES string of the molecule is Cc1cccc(CNC(=O)CCc2nc(-c3ccccc3Cl)no2)c1. The minimum atomic E-state index is -0.0565. The van der Waals surface area contributed by atoms with Gasteiger partial charge in [0.05, 0.1) is 5.02 Å². The van der Waals surface area contributed by atoms with Crippen molar-refractivity contribution in [1.82, 2.24) is 15.5 Å². The van der Waals surface area contributed by atoms with E-state index in [1.807, 2.05) is 49.4 Å². The molecule has 3 rings (SSSR count). The quantitative estimate of drug-likeness (QED) is 0.727. The number of benzene rings is 2. The molecule has 0 atom stereocenters. The van der Waals surface area contributed by atoms with Crippen molar-refractivity contribution < 1.29 is 9.32 Å². The fourth-order valence-electron chi connectivity index (χ4n) is 2.44. The van der Waals surface area contributed by atoms with Crippen molar-refractivity contribution in [2.75, 3.05) is 0 Å². The van der Waals surface area contributed by atoms with Crippen LogP contribution in [0.25, 0.3) is 11.4 Å². The summed E-state index contributed by atoms with van der Waals surface area (Å²) in [6, 6.07) is 15.3. The number of rotatable bonds is 6. The Bertz CT molecular complexity index is 876. The van der Waals surface area contributed by atoms with Gasteiger partial charge in [-0.3, -0.25) is 4.79 Å². The van der Waals surface area contributed by atoms with Crippen molar-refractivity contribution >= 4 is 17.5 Å². The van der Waals surface area contributed by atoms with E-state index in [2.05, 4.69) is 15.5 Å². The van der Waals surface area contributed by atoms with Crippen LogP contribution in [0.3, 0.4) is 0 Å². The molecule has 1 heterocycles. The molecule has 0 fully saturated rings. The first kappa shape index (κ1) is 17.2. The van der Waals surface area contributed by atoms with E-state index in [0.717, 1.165) is 5.56 Å². The van der Waals surface area contributed by atoms with Crippen molar-refractivity contribution in [1.29, 1.82) is 0 Å². The molecular weight excluding hydrogens is 338 g/mol. The first-order chi connectivity index (χ1) is 12.1. The van der Waals surface area contributed by atoms with Crippen molar-refractivity contribution in [2.24, 2.45) is 0 Å². The minimum absolute atomic E-state index is 0.0565. The molecule has 0 unspecified atom stereocenters. The Kier molecular flexibility index (Phi) is 5.46. The largest absolute Gasteiger partial charge is 0.352 e. The molecule has 1 amide bonds. The predicted molar refractivity (Wildman–Crippen MR) is 96.1 cm³/mol. The maximum absolute atomic E-state index is 12.0. The van der Waals surface area contributed by atoms with E-state index >= 15 is 0 Å². The molecule has 0 aliphatic heterocycles. The van der Waals surface area contributed by atoms with E-state index in [1.165, 1.54) is 5.56 Å². The van der Waals surface area contributed by atoms with Gasteiger partial charge in [-0.2, -0.15) is 4.98 Å². The van der Waals surface area contributed by atoms with Gasteiger partial charge in [0.2, 0.25) is 17.6 Å². The Labute approximate surface area is 151 Å². The van der Waals surface area contributed by atoms with Gasteiger partial charge < -0.3 is 9.84 Å². The average molecular weight is 356 g/mol. The molecular formula is C19H18ClN3O2. The number of nitrogens with one attached hydrogen (secondary N) is 1. The topological polar surface area (TPSA) is 68.0 Å². The molecule has 0 aliphatic carbocycles. The molecule has 0 saturated carbocycles. The predicted octanol–water partition coefficient (Wildman–Crippen LogP) is 3.95. The highest BCUT2D eigenvalue weighted by Crippen LogP contribution is 2.24. The van der Waals surface area contributed by atoms with Crippen LogP contribution in [0.1, 0.15) is 23.4 Å². The van der Waals surface area contributed by atoms with E-state index in [-0.39, 0.29) is 12.3 Å². The Hall–Kier alpha value is -2.66. The second kappa shape index (κ2) is 7.94. The number of hydrogen-bond donors (Lipinski definition) is 1. The van der Waals surface area contributed by atoms with Crippen LogP contribution in [0.2, 0.25) is 5.02 Å². The summed E-state index contributed by atoms with van der Waals surface area (Å²) in [6.07, 6.45) is 0.674. The first-order valence-corrected chi connectivity index (χ1v) is 8.39. The monoisotopic (exact) mass is 355 g/mol. The molecule has 0 bridgehead atoms. The molecule has 1 aromatic heterocycles. The van der Waals surface area contributed by atoms with Gasteiger partial charge in [-0.25, -0.2) is 0 Å². The van der Waals surface area contributed by atoms with Crippen molar-refractivity contribution in [2.45, 2.75) is 26.3 Å². The molecule has 1 N–H and O–H groups in total. The van der Waals surface area contributed by atoms with Crippen LogP contribution >= 0.6 is 11.6 Å². The smallest absolute Gasteiger partial charge is 0.227 e. The van der Waals surface area contributed by atoms with Gasteiger partial charge >= 0.3 is 0 Å². The van der Waals surface area contributed by atoms with E-state index in [1.54, 1.807) is 6.07 Å². The van der Waals surface area contributed by atoms with Crippen molar-refractivity contribution in [3.63, 3.8) is 0 Å². The van der Waals surface area contributed by atoms with Crippen LogP contribution in [-0.2, 0) is 17.8 Å². The normalized spacial score (nSPS) is 10.6. The van der Waals surface area contributed by atoms with Gasteiger partial charge in [0.1, 0.15) is 0 Å². The highest BCUT2D eigenvalue weighted by atomic mass is 35.5. The van der Waals surface area contributed by atoms with E-state index in [9.17, 15) is 4.79 Å². The number of carbonyl (C=O) groups excluding carboxylic acids is 1. The molecule has 0 radical (unpaired) electrons. The number of carbonyl (C=O) groups is 1. The number of hydrogen-bond acceptors (Lipinski definition) is 4. The van der Waals surface area contributed by atoms with Gasteiger partial charge in [0.25, 0.3) is 0 Å². The maximum atomic E-state index is 12.0. The Morgan fingerprint density at radius 3 is 2.84 bits per heavy atom. The maximum Gasteiger partial charge on any atom is 0.227 e. The second-order valence-electron chi connectivity index (χ2n) is 5.76. The lowest BCUT2D eigenvalue weighted by Gasteiger charge is -2.05. The third-order valence-electron chi connectivity index (χ3n) is 3.72. The molecule has 0 aliphatic rings. The van der Waals surface area contributed by atoms with Crippen molar-refractivity contribution in [3.05, 3.63) is 70.6 Å². The summed E-state index contributed by atoms with van der Waals surface area (Å²) in [5, 5.41) is 7.38. The van der Waals surface area contributed by atoms with Crippen LogP contribution in [0.4, 0.5) is 0 Å². The third kappa shape index (κ3) is 4.67. The summed E-state index contributed by atoms with van der Waals surface area (Å²) in [5.74, 6) is 0.792. The summed E-state index contributed by atoms with van der Waals surface area (Å²) in [6.45, 7) is 2.53.